The molecule has 0 aliphatic carbocycles. The summed E-state index contributed by atoms with van der Waals surface area (Å²) >= 11 is 0. The third-order valence-electron chi connectivity index (χ3n) is 6.23. The van der Waals surface area contributed by atoms with Crippen molar-refractivity contribution in [2.45, 2.75) is 18.5 Å². The lowest BCUT2D eigenvalue weighted by Crippen LogP contribution is -2.56. The summed E-state index contributed by atoms with van der Waals surface area (Å²) in [5, 5.41) is 2.87. The molecule has 158 valence electrons. The average Bonchev–Trinajstić information content (AvgIpc) is 2.78. The molecule has 30 heavy (non-hydrogen) atoms. The Morgan fingerprint density at radius 2 is 1.50 bits per heavy atom. The molecule has 6 heteroatoms. The molecule has 2 heterocycles. The van der Waals surface area contributed by atoms with Gasteiger partial charge in [0.05, 0.1) is 18.5 Å². The van der Waals surface area contributed by atoms with Crippen LogP contribution in [-0.2, 0) is 9.59 Å². The number of carbonyl (C=O) groups excluding carboxylic acids is 2. The highest BCUT2D eigenvalue weighted by Gasteiger charge is 2.33. The number of benzene rings is 2. The molecule has 0 radical (unpaired) electrons. The van der Waals surface area contributed by atoms with Gasteiger partial charge in [-0.1, -0.05) is 60.7 Å². The summed E-state index contributed by atoms with van der Waals surface area (Å²) in [6.45, 7) is 4.44. The lowest BCUT2D eigenvalue weighted by molar-refractivity contribution is -0.139. The molecule has 2 aliphatic heterocycles. The second-order valence-corrected chi connectivity index (χ2v) is 8.13. The Hall–Kier alpha value is -2.70. The van der Waals surface area contributed by atoms with Crippen LogP contribution in [0.5, 0.6) is 0 Å². The van der Waals surface area contributed by atoms with Crippen molar-refractivity contribution in [2.75, 3.05) is 46.3 Å². The molecule has 2 aliphatic rings. The molecule has 4 rings (SSSR count). The van der Waals surface area contributed by atoms with E-state index >= 15 is 0 Å². The minimum atomic E-state index is -0.356. The van der Waals surface area contributed by atoms with Gasteiger partial charge in [-0.25, -0.2) is 0 Å². The summed E-state index contributed by atoms with van der Waals surface area (Å²) < 4.78 is 0. The lowest BCUT2D eigenvalue weighted by atomic mass is 9.96. The molecular formula is C24H30N4O2. The molecular weight excluding hydrogens is 376 g/mol. The van der Waals surface area contributed by atoms with Crippen LogP contribution in [0.15, 0.2) is 60.7 Å². The lowest BCUT2D eigenvalue weighted by Gasteiger charge is -2.40. The third-order valence-corrected chi connectivity index (χ3v) is 6.23. The van der Waals surface area contributed by atoms with Crippen molar-refractivity contribution in [1.82, 2.24) is 20.0 Å². The first-order valence-corrected chi connectivity index (χ1v) is 10.7. The third kappa shape index (κ3) is 4.55. The molecule has 2 aromatic rings. The topological polar surface area (TPSA) is 55.9 Å². The second-order valence-electron chi connectivity index (χ2n) is 8.13. The number of hydrogen-bond acceptors (Lipinski definition) is 4. The molecule has 2 fully saturated rings. The van der Waals surface area contributed by atoms with Gasteiger partial charge in [-0.05, 0) is 18.2 Å². The summed E-state index contributed by atoms with van der Waals surface area (Å²) in [6, 6.07) is 20.9. The highest BCUT2D eigenvalue weighted by Crippen LogP contribution is 2.29. The zero-order valence-corrected chi connectivity index (χ0v) is 17.5. The number of likely N-dealkylation sites (N-methyl/N-ethyl adjacent to an activating group) is 1. The maximum absolute atomic E-state index is 12.9. The largest absolute Gasteiger partial charge is 0.353 e. The van der Waals surface area contributed by atoms with Crippen LogP contribution in [0.3, 0.4) is 0 Å². The molecule has 0 unspecified atom stereocenters. The molecule has 6 nitrogen and oxygen atoms in total. The van der Waals surface area contributed by atoms with Gasteiger partial charge in [0.15, 0.2) is 0 Å². The average molecular weight is 407 g/mol. The van der Waals surface area contributed by atoms with Crippen LogP contribution in [0.25, 0.3) is 0 Å². The fourth-order valence-electron chi connectivity index (χ4n) is 4.49. The predicted molar refractivity (Wildman–Crippen MR) is 117 cm³/mol. The smallest absolute Gasteiger partial charge is 0.237 e. The van der Waals surface area contributed by atoms with E-state index in [1.807, 2.05) is 29.0 Å². The van der Waals surface area contributed by atoms with Crippen molar-refractivity contribution < 1.29 is 9.59 Å². The van der Waals surface area contributed by atoms with E-state index in [2.05, 4.69) is 58.7 Å². The van der Waals surface area contributed by atoms with E-state index in [4.69, 9.17) is 0 Å². The number of rotatable bonds is 5. The van der Waals surface area contributed by atoms with Gasteiger partial charge in [-0.3, -0.25) is 19.4 Å². The van der Waals surface area contributed by atoms with Gasteiger partial charge in [-0.2, -0.15) is 0 Å². The summed E-state index contributed by atoms with van der Waals surface area (Å²) in [5.41, 5.74) is 2.54. The number of carbonyl (C=O) groups is 2. The SMILES string of the molecule is CN1CCNC(=O)[C@H]1CC(=O)N1CCN(C(c2ccccc2)c2ccccc2)CC1. The normalized spacial score (nSPS) is 20.9. The number of hydrogen-bond donors (Lipinski definition) is 1. The fraction of sp³-hybridized carbons (Fsp3) is 0.417. The van der Waals surface area contributed by atoms with Crippen molar-refractivity contribution in [3.05, 3.63) is 71.8 Å². The molecule has 0 spiro atoms. The van der Waals surface area contributed by atoms with E-state index in [1.165, 1.54) is 11.1 Å². The van der Waals surface area contributed by atoms with E-state index in [9.17, 15) is 9.59 Å². The van der Waals surface area contributed by atoms with E-state index in [1.54, 1.807) is 0 Å². The van der Waals surface area contributed by atoms with E-state index in [-0.39, 0.29) is 30.3 Å². The van der Waals surface area contributed by atoms with Crippen molar-refractivity contribution in [1.29, 1.82) is 0 Å². The van der Waals surface area contributed by atoms with Gasteiger partial charge in [0.2, 0.25) is 11.8 Å². The molecule has 0 saturated carbocycles. The molecule has 1 atom stereocenters. The Morgan fingerprint density at radius 3 is 2.03 bits per heavy atom. The highest BCUT2D eigenvalue weighted by molar-refractivity contribution is 5.88. The quantitative estimate of drug-likeness (QED) is 0.822. The van der Waals surface area contributed by atoms with Gasteiger partial charge < -0.3 is 10.2 Å². The monoisotopic (exact) mass is 406 g/mol. The Morgan fingerprint density at radius 1 is 0.933 bits per heavy atom. The van der Waals surface area contributed by atoms with Crippen LogP contribution >= 0.6 is 0 Å². The molecule has 2 aromatic carbocycles. The molecule has 2 saturated heterocycles. The van der Waals surface area contributed by atoms with Gasteiger partial charge >= 0.3 is 0 Å². The number of piperazine rings is 2. The summed E-state index contributed by atoms with van der Waals surface area (Å²) in [5.74, 6) is 0.0310. The van der Waals surface area contributed by atoms with Crippen LogP contribution < -0.4 is 5.32 Å². The minimum absolute atomic E-state index is 0.0380. The zero-order valence-electron chi connectivity index (χ0n) is 17.5. The van der Waals surface area contributed by atoms with Gasteiger partial charge in [0.1, 0.15) is 0 Å². The molecule has 0 aromatic heterocycles. The summed E-state index contributed by atoms with van der Waals surface area (Å²) in [7, 11) is 1.92. The summed E-state index contributed by atoms with van der Waals surface area (Å²) in [6.07, 6.45) is 0.253. The van der Waals surface area contributed by atoms with Crippen LogP contribution in [0, 0.1) is 0 Å². The van der Waals surface area contributed by atoms with Crippen molar-refractivity contribution in [3.63, 3.8) is 0 Å². The standard InChI is InChI=1S/C24H30N4O2/c1-26-13-12-25-24(30)21(26)18-22(29)27-14-16-28(17-15-27)23(19-8-4-2-5-9-19)20-10-6-3-7-11-20/h2-11,21,23H,12-18H2,1H3,(H,25,30)/t21-/m1/s1. The van der Waals surface area contributed by atoms with Crippen molar-refractivity contribution >= 4 is 11.8 Å². The van der Waals surface area contributed by atoms with E-state index in [0.717, 1.165) is 19.6 Å². The van der Waals surface area contributed by atoms with Gasteiger partial charge in [0, 0.05) is 39.3 Å². The number of amides is 2. The van der Waals surface area contributed by atoms with Crippen molar-refractivity contribution in [3.8, 4) is 0 Å². The van der Waals surface area contributed by atoms with Crippen LogP contribution in [0.1, 0.15) is 23.6 Å². The van der Waals surface area contributed by atoms with Crippen LogP contribution in [0.4, 0.5) is 0 Å². The first kappa shape index (κ1) is 20.6. The Bertz CT molecular complexity index is 811. The highest BCUT2D eigenvalue weighted by atomic mass is 16.2. The summed E-state index contributed by atoms with van der Waals surface area (Å²) in [4.78, 5) is 31.4. The van der Waals surface area contributed by atoms with Gasteiger partial charge in [0.25, 0.3) is 0 Å². The minimum Gasteiger partial charge on any atom is -0.353 e. The Kier molecular flexibility index (Phi) is 6.45. The molecule has 2 amide bonds. The molecule has 0 bridgehead atoms. The van der Waals surface area contributed by atoms with E-state index in [0.29, 0.717) is 19.6 Å². The maximum Gasteiger partial charge on any atom is 0.237 e. The first-order valence-electron chi connectivity index (χ1n) is 10.7. The fourth-order valence-corrected chi connectivity index (χ4v) is 4.49. The van der Waals surface area contributed by atoms with E-state index < -0.39 is 0 Å². The van der Waals surface area contributed by atoms with Crippen LogP contribution in [-0.4, -0.2) is 78.9 Å². The zero-order chi connectivity index (χ0) is 20.9. The number of nitrogens with one attached hydrogen (secondary N) is 1. The second kappa shape index (κ2) is 9.41. The predicted octanol–water partition coefficient (Wildman–Crippen LogP) is 1.74. The van der Waals surface area contributed by atoms with Crippen molar-refractivity contribution in [2.24, 2.45) is 0 Å². The Labute approximate surface area is 178 Å². The van der Waals surface area contributed by atoms with Gasteiger partial charge in [-0.15, -0.1) is 0 Å². The Balaban J connectivity index is 1.42. The maximum atomic E-state index is 12.9. The number of nitrogens with zero attached hydrogens (tertiary/aromatic N) is 3. The first-order chi connectivity index (χ1) is 14.6. The van der Waals surface area contributed by atoms with Crippen LogP contribution in [0.2, 0.25) is 0 Å². The molecule has 1 N–H and O–H groups in total.